The molecule has 0 saturated heterocycles. The van der Waals surface area contributed by atoms with Gasteiger partial charge in [-0.05, 0) is 59.9 Å². The smallest absolute Gasteiger partial charge is 0.231 e. The summed E-state index contributed by atoms with van der Waals surface area (Å²) >= 11 is 0. The minimum atomic E-state index is -3.22. The van der Waals surface area contributed by atoms with E-state index in [1.54, 1.807) is 12.1 Å². The minimum Gasteiger partial charge on any atom is -0.454 e. The summed E-state index contributed by atoms with van der Waals surface area (Å²) in [6.45, 7) is 2.30. The highest BCUT2D eigenvalue weighted by Crippen LogP contribution is 2.39. The van der Waals surface area contributed by atoms with Gasteiger partial charge in [0.15, 0.2) is 21.3 Å². The van der Waals surface area contributed by atoms with Crippen LogP contribution in [0.5, 0.6) is 11.5 Å². The largest absolute Gasteiger partial charge is 0.454 e. The third kappa shape index (κ3) is 3.69. The second-order valence-electron chi connectivity index (χ2n) is 6.82. The third-order valence-electron chi connectivity index (χ3n) is 4.67. The molecule has 1 heterocycles. The maximum Gasteiger partial charge on any atom is 0.231 e. The van der Waals surface area contributed by atoms with Gasteiger partial charge in [-0.25, -0.2) is 8.42 Å². The first kappa shape index (κ1) is 17.6. The number of rotatable bonds is 4. The topological polar surface area (TPSA) is 52.6 Å². The number of fused-ring (bicyclic) bond motifs is 1. The molecule has 0 atom stereocenters. The molecule has 1 aliphatic rings. The predicted molar refractivity (Wildman–Crippen MR) is 105 cm³/mol. The van der Waals surface area contributed by atoms with Crippen molar-refractivity contribution in [2.24, 2.45) is 0 Å². The van der Waals surface area contributed by atoms with Crippen LogP contribution in [0, 0.1) is 6.92 Å². The average Bonchev–Trinajstić information content (AvgIpc) is 3.08. The van der Waals surface area contributed by atoms with Crippen molar-refractivity contribution < 1.29 is 17.9 Å². The van der Waals surface area contributed by atoms with Crippen LogP contribution in [0.15, 0.2) is 65.6 Å². The van der Waals surface area contributed by atoms with E-state index in [0.29, 0.717) is 10.6 Å². The zero-order valence-corrected chi connectivity index (χ0v) is 16.0. The molecule has 4 rings (SSSR count). The number of benzene rings is 3. The number of hydrogen-bond donors (Lipinski definition) is 0. The van der Waals surface area contributed by atoms with Crippen molar-refractivity contribution in [3.8, 4) is 22.6 Å². The fourth-order valence-corrected chi connectivity index (χ4v) is 3.95. The Balaban J connectivity index is 1.79. The van der Waals surface area contributed by atoms with Crippen LogP contribution in [-0.4, -0.2) is 21.5 Å². The second kappa shape index (κ2) is 6.74. The Morgan fingerprint density at radius 2 is 1.63 bits per heavy atom. The van der Waals surface area contributed by atoms with E-state index in [0.717, 1.165) is 28.9 Å². The summed E-state index contributed by atoms with van der Waals surface area (Å²) < 4.78 is 34.6. The molecule has 0 fully saturated rings. The number of ether oxygens (including phenoxy) is 2. The molecule has 138 valence electrons. The van der Waals surface area contributed by atoms with Crippen LogP contribution in [0.3, 0.4) is 0 Å². The van der Waals surface area contributed by atoms with Crippen LogP contribution in [0.2, 0.25) is 0 Å². The standard InChI is InChI=1S/C22H20O4S/c1-15-4-3-5-16(10-15)11-18-12-21-22(26-14-25-21)13-20(18)17-6-8-19(9-7-17)27(2,23)24/h3-10,12-13H,11,14H2,1-2H3. The molecule has 0 N–H and O–H groups in total. The van der Waals surface area contributed by atoms with E-state index < -0.39 is 9.84 Å². The molecule has 27 heavy (non-hydrogen) atoms. The fourth-order valence-electron chi connectivity index (χ4n) is 3.32. The van der Waals surface area contributed by atoms with Crippen molar-refractivity contribution in [3.63, 3.8) is 0 Å². The molecule has 5 heteroatoms. The Kier molecular flexibility index (Phi) is 4.40. The molecule has 0 bridgehead atoms. The minimum absolute atomic E-state index is 0.218. The molecule has 0 saturated carbocycles. The quantitative estimate of drug-likeness (QED) is 0.674. The molecule has 0 aliphatic carbocycles. The first-order chi connectivity index (χ1) is 12.9. The van der Waals surface area contributed by atoms with E-state index in [-0.39, 0.29) is 6.79 Å². The molecule has 1 aliphatic heterocycles. The van der Waals surface area contributed by atoms with Gasteiger partial charge in [0.1, 0.15) is 0 Å². The monoisotopic (exact) mass is 380 g/mol. The molecule has 3 aromatic rings. The van der Waals surface area contributed by atoms with Crippen LogP contribution in [0.1, 0.15) is 16.7 Å². The summed E-state index contributed by atoms with van der Waals surface area (Å²) in [5, 5.41) is 0. The van der Waals surface area contributed by atoms with E-state index in [9.17, 15) is 8.42 Å². The Bertz CT molecular complexity index is 1100. The van der Waals surface area contributed by atoms with Crippen molar-refractivity contribution in [1.82, 2.24) is 0 Å². The molecular formula is C22H20O4S. The highest BCUT2D eigenvalue weighted by molar-refractivity contribution is 7.90. The van der Waals surface area contributed by atoms with E-state index >= 15 is 0 Å². The van der Waals surface area contributed by atoms with Gasteiger partial charge in [-0.3, -0.25) is 0 Å². The maximum absolute atomic E-state index is 11.7. The lowest BCUT2D eigenvalue weighted by atomic mass is 9.94. The predicted octanol–water partition coefficient (Wildman–Crippen LogP) is 4.39. The van der Waals surface area contributed by atoms with Crippen molar-refractivity contribution in [1.29, 1.82) is 0 Å². The Labute approximate surface area is 159 Å². The number of hydrogen-bond acceptors (Lipinski definition) is 4. The van der Waals surface area contributed by atoms with E-state index in [4.69, 9.17) is 9.47 Å². The molecule has 0 spiro atoms. The van der Waals surface area contributed by atoms with Gasteiger partial charge in [0.2, 0.25) is 6.79 Å². The summed E-state index contributed by atoms with van der Waals surface area (Å²) in [5.41, 5.74) is 5.50. The average molecular weight is 380 g/mol. The molecule has 4 nitrogen and oxygen atoms in total. The van der Waals surface area contributed by atoms with Gasteiger partial charge in [-0.15, -0.1) is 0 Å². The van der Waals surface area contributed by atoms with Crippen molar-refractivity contribution in [2.45, 2.75) is 18.2 Å². The summed E-state index contributed by atoms with van der Waals surface area (Å²) in [7, 11) is -3.22. The van der Waals surface area contributed by atoms with Gasteiger partial charge in [-0.2, -0.15) is 0 Å². The summed E-state index contributed by atoms with van der Waals surface area (Å²) in [5.74, 6) is 1.46. The van der Waals surface area contributed by atoms with Crippen molar-refractivity contribution in [3.05, 3.63) is 77.4 Å². The van der Waals surface area contributed by atoms with Gasteiger partial charge < -0.3 is 9.47 Å². The molecule has 0 aromatic heterocycles. The first-order valence-electron chi connectivity index (χ1n) is 8.69. The Hall–Kier alpha value is -2.79. The SMILES string of the molecule is Cc1cccc(Cc2cc3c(cc2-c2ccc(S(C)(=O)=O)cc2)OCO3)c1. The molecule has 0 unspecified atom stereocenters. The van der Waals surface area contributed by atoms with Gasteiger partial charge >= 0.3 is 0 Å². The summed E-state index contributed by atoms with van der Waals surface area (Å²) in [6.07, 6.45) is 1.97. The lowest BCUT2D eigenvalue weighted by Gasteiger charge is -2.13. The van der Waals surface area contributed by atoms with Crippen LogP contribution in [0.25, 0.3) is 11.1 Å². The molecular weight excluding hydrogens is 360 g/mol. The van der Waals surface area contributed by atoms with Gasteiger partial charge in [0.25, 0.3) is 0 Å². The van der Waals surface area contributed by atoms with Crippen LogP contribution in [0.4, 0.5) is 0 Å². The Morgan fingerprint density at radius 1 is 0.926 bits per heavy atom. The molecule has 0 amide bonds. The lowest BCUT2D eigenvalue weighted by Crippen LogP contribution is -1.97. The number of aryl methyl sites for hydroxylation is 1. The first-order valence-corrected chi connectivity index (χ1v) is 10.6. The maximum atomic E-state index is 11.7. The normalized spacial score (nSPS) is 13.0. The fraction of sp³-hybridized carbons (Fsp3) is 0.182. The van der Waals surface area contributed by atoms with E-state index in [2.05, 4.69) is 31.2 Å². The third-order valence-corrected chi connectivity index (χ3v) is 5.80. The zero-order chi connectivity index (χ0) is 19.0. The summed E-state index contributed by atoms with van der Waals surface area (Å²) in [4.78, 5) is 0.312. The summed E-state index contributed by atoms with van der Waals surface area (Å²) in [6, 6.07) is 19.4. The molecule has 3 aromatic carbocycles. The van der Waals surface area contributed by atoms with Crippen LogP contribution in [-0.2, 0) is 16.3 Å². The Morgan fingerprint density at radius 3 is 2.30 bits per heavy atom. The lowest BCUT2D eigenvalue weighted by molar-refractivity contribution is 0.174. The highest BCUT2D eigenvalue weighted by atomic mass is 32.2. The number of sulfone groups is 1. The zero-order valence-electron chi connectivity index (χ0n) is 15.2. The van der Waals surface area contributed by atoms with Gasteiger partial charge in [0, 0.05) is 6.26 Å². The highest BCUT2D eigenvalue weighted by Gasteiger charge is 2.19. The van der Waals surface area contributed by atoms with Crippen LogP contribution < -0.4 is 9.47 Å². The van der Waals surface area contributed by atoms with E-state index in [1.807, 2.05) is 24.3 Å². The molecule has 0 radical (unpaired) electrons. The van der Waals surface area contributed by atoms with Crippen molar-refractivity contribution >= 4 is 9.84 Å². The van der Waals surface area contributed by atoms with E-state index in [1.165, 1.54) is 17.4 Å². The van der Waals surface area contributed by atoms with Crippen LogP contribution >= 0.6 is 0 Å². The van der Waals surface area contributed by atoms with Gasteiger partial charge in [0.05, 0.1) is 4.90 Å². The van der Waals surface area contributed by atoms with Crippen molar-refractivity contribution in [2.75, 3.05) is 13.0 Å². The van der Waals surface area contributed by atoms with Gasteiger partial charge in [-0.1, -0.05) is 42.0 Å². The second-order valence-corrected chi connectivity index (χ2v) is 8.84.